The van der Waals surface area contributed by atoms with Gasteiger partial charge in [-0.1, -0.05) is 6.55 Å². The lowest BCUT2D eigenvalue weighted by Crippen LogP contribution is -2.32. The zero-order valence-corrected chi connectivity index (χ0v) is 12.2. The van der Waals surface area contributed by atoms with E-state index in [2.05, 4.69) is 10.4 Å². The van der Waals surface area contributed by atoms with Gasteiger partial charge in [-0.2, -0.15) is 0 Å². The Hall–Kier alpha value is 0.828. The van der Waals surface area contributed by atoms with Gasteiger partial charge in [-0.3, -0.25) is 0 Å². The summed E-state index contributed by atoms with van der Waals surface area (Å²) >= 11 is 0. The standard InChI is InChI=1S/CH13NSi4/c1-6(5)2(3)4/h6H,1,3-5H3. The van der Waals surface area contributed by atoms with Crippen molar-refractivity contribution in [2.45, 2.75) is 6.55 Å². The summed E-state index contributed by atoms with van der Waals surface area (Å²) in [6.45, 7) is 2.44. The third-order valence-electron chi connectivity index (χ3n) is 1.03. The maximum atomic E-state index is 2.65. The Morgan fingerprint density at radius 3 is 1.67 bits per heavy atom. The van der Waals surface area contributed by atoms with Gasteiger partial charge in [0, 0.05) is 9.76 Å². The van der Waals surface area contributed by atoms with Crippen LogP contribution in [0.4, 0.5) is 0 Å². The fraction of sp³-hybridized carbons (Fsp3) is 1.00. The molecule has 5 heteroatoms. The SMILES string of the molecule is C[SiH]([SiH3])N([SiH3])[SiH3]. The molecule has 0 N–H and O–H groups in total. The van der Waals surface area contributed by atoms with Crippen LogP contribution in [0.5, 0.6) is 0 Å². The molecule has 0 saturated heterocycles. The van der Waals surface area contributed by atoms with E-state index in [0.717, 1.165) is 0 Å². The summed E-state index contributed by atoms with van der Waals surface area (Å²) in [4.78, 5) is 0. The highest BCUT2D eigenvalue weighted by atomic mass is 29.2. The van der Waals surface area contributed by atoms with Crippen LogP contribution >= 0.6 is 0 Å². The van der Waals surface area contributed by atoms with Crippen molar-refractivity contribution in [3.05, 3.63) is 0 Å². The van der Waals surface area contributed by atoms with E-state index in [1.165, 1.54) is 30.6 Å². The molecular weight excluding hydrogens is 138 g/mol. The lowest BCUT2D eigenvalue weighted by atomic mass is 11.9. The van der Waals surface area contributed by atoms with Gasteiger partial charge in [0.25, 0.3) is 0 Å². The van der Waals surface area contributed by atoms with E-state index in [1.54, 1.807) is 0 Å². The molecule has 0 aliphatic rings. The quantitative estimate of drug-likeness (QED) is 0.346. The Balaban J connectivity index is 2.99. The second-order valence-electron chi connectivity index (χ2n) is 2.06. The van der Waals surface area contributed by atoms with Crippen LogP contribution in [-0.4, -0.2) is 42.9 Å². The van der Waals surface area contributed by atoms with Crippen LogP contribution < -0.4 is 0 Å². The first-order valence-corrected chi connectivity index (χ1v) is 10.4. The molecule has 1 nitrogen and oxygen atoms in total. The van der Waals surface area contributed by atoms with E-state index in [0.29, 0.717) is 0 Å². The molecule has 38 valence electrons. The normalized spacial score (nSPS) is 17.0. The average Bonchev–Trinajstić information content (AvgIpc) is 1.36. The molecular formula is CH13NSi4. The third kappa shape index (κ3) is 3.03. The zero-order chi connectivity index (χ0) is 5.15. The maximum Gasteiger partial charge on any atom is 0.0731 e. The Morgan fingerprint density at radius 2 is 1.67 bits per heavy atom. The molecule has 0 aliphatic heterocycles. The molecule has 0 aromatic rings. The van der Waals surface area contributed by atoms with Crippen LogP contribution in [0.25, 0.3) is 0 Å². The summed E-state index contributed by atoms with van der Waals surface area (Å²) in [5, 5.41) is 0. The van der Waals surface area contributed by atoms with Gasteiger partial charge in [-0.15, -0.1) is 0 Å². The van der Waals surface area contributed by atoms with Gasteiger partial charge >= 0.3 is 0 Å². The third-order valence-corrected chi connectivity index (χ3v) is 18.6. The van der Waals surface area contributed by atoms with Crippen LogP contribution in [0.2, 0.25) is 6.55 Å². The first kappa shape index (κ1) is 6.83. The monoisotopic (exact) mass is 151 g/mol. The van der Waals surface area contributed by atoms with Crippen LogP contribution in [0.3, 0.4) is 0 Å². The Kier molecular flexibility index (Phi) is 3.32. The first-order chi connectivity index (χ1) is 2.64. The van der Waals surface area contributed by atoms with Gasteiger partial charge < -0.3 is 3.90 Å². The molecule has 0 fully saturated rings. The van der Waals surface area contributed by atoms with E-state index in [4.69, 9.17) is 0 Å². The smallest absolute Gasteiger partial charge is 0.0731 e. The van der Waals surface area contributed by atoms with Crippen LogP contribution in [0, 0.1) is 0 Å². The Morgan fingerprint density at radius 1 is 1.50 bits per heavy atom. The van der Waals surface area contributed by atoms with Gasteiger partial charge in [0.15, 0.2) is 0 Å². The fourth-order valence-corrected chi connectivity index (χ4v) is 0. The van der Waals surface area contributed by atoms with Crippen LogP contribution in [-0.2, 0) is 0 Å². The van der Waals surface area contributed by atoms with Gasteiger partial charge in [0.2, 0.25) is 0 Å². The maximum absolute atomic E-state index is 2.65. The minimum Gasteiger partial charge on any atom is -0.388 e. The van der Waals surface area contributed by atoms with E-state index >= 15 is 0 Å². The van der Waals surface area contributed by atoms with Gasteiger partial charge in [-0.05, 0) is 0 Å². The van der Waals surface area contributed by atoms with Crippen molar-refractivity contribution >= 4 is 39.0 Å². The van der Waals surface area contributed by atoms with E-state index in [-0.39, 0.29) is 8.48 Å². The summed E-state index contributed by atoms with van der Waals surface area (Å²) in [6.07, 6.45) is 0. The largest absolute Gasteiger partial charge is 0.388 e. The number of hydrogen-bond donors (Lipinski definition) is 0. The molecule has 1 unspecified atom stereocenters. The average molecular weight is 151 g/mol. The lowest BCUT2D eigenvalue weighted by molar-refractivity contribution is 1.14. The minimum absolute atomic E-state index is 0.148. The van der Waals surface area contributed by atoms with Gasteiger partial charge in [0.05, 0.1) is 29.3 Å². The molecule has 0 aliphatic carbocycles. The number of rotatable bonds is 1. The molecule has 1 atom stereocenters. The fourth-order valence-electron chi connectivity index (χ4n) is 0. The minimum atomic E-state index is -0.148. The molecule has 0 heterocycles. The molecule has 0 bridgehead atoms. The van der Waals surface area contributed by atoms with Crippen molar-refractivity contribution in [2.24, 2.45) is 0 Å². The topological polar surface area (TPSA) is 3.24 Å². The number of nitrogens with zero attached hydrogens (tertiary/aromatic N) is 1. The Bertz CT molecular complexity index is 28.5. The molecule has 0 saturated carbocycles. The lowest BCUT2D eigenvalue weighted by Gasteiger charge is -2.12. The molecule has 0 aromatic heterocycles. The van der Waals surface area contributed by atoms with E-state index < -0.39 is 0 Å². The molecule has 0 spiro atoms. The summed E-state index contributed by atoms with van der Waals surface area (Å²) < 4.78 is 2.65. The van der Waals surface area contributed by atoms with Crippen molar-refractivity contribution in [1.82, 2.24) is 3.90 Å². The van der Waals surface area contributed by atoms with Crippen molar-refractivity contribution in [2.75, 3.05) is 0 Å². The van der Waals surface area contributed by atoms with E-state index in [1.807, 2.05) is 0 Å². The van der Waals surface area contributed by atoms with Crippen molar-refractivity contribution in [3.63, 3.8) is 0 Å². The highest BCUT2D eigenvalue weighted by Crippen LogP contribution is 1.71. The van der Waals surface area contributed by atoms with Gasteiger partial charge in [-0.25, -0.2) is 0 Å². The second kappa shape index (κ2) is 2.91. The highest BCUT2D eigenvalue weighted by Gasteiger charge is 1.92. The zero-order valence-electron chi connectivity index (χ0n) is 5.02. The predicted octanol–water partition coefficient (Wildman–Crippen LogP) is -3.94. The summed E-state index contributed by atoms with van der Waals surface area (Å²) in [6, 6.07) is 0. The van der Waals surface area contributed by atoms with Crippen molar-refractivity contribution in [3.8, 4) is 0 Å². The highest BCUT2D eigenvalue weighted by molar-refractivity contribution is 7.04. The number of hydrogen-bond acceptors (Lipinski definition) is 1. The second-order valence-corrected chi connectivity index (χ2v) is 17.0. The molecule has 0 rings (SSSR count). The predicted molar refractivity (Wildman–Crippen MR) is 44.7 cm³/mol. The van der Waals surface area contributed by atoms with Crippen LogP contribution in [0.15, 0.2) is 0 Å². The summed E-state index contributed by atoms with van der Waals surface area (Å²) in [5.41, 5.74) is 0. The summed E-state index contributed by atoms with van der Waals surface area (Å²) in [5.74, 6) is 0. The van der Waals surface area contributed by atoms with Crippen molar-refractivity contribution < 1.29 is 0 Å². The van der Waals surface area contributed by atoms with E-state index in [9.17, 15) is 0 Å². The first-order valence-electron chi connectivity index (χ1n) is 2.31. The molecule has 6 heavy (non-hydrogen) atoms. The van der Waals surface area contributed by atoms with Crippen LogP contribution in [0.1, 0.15) is 0 Å². The Labute approximate surface area is 50.0 Å². The van der Waals surface area contributed by atoms with Gasteiger partial charge in [0.1, 0.15) is 0 Å². The molecule has 0 radical (unpaired) electrons. The van der Waals surface area contributed by atoms with Crippen molar-refractivity contribution in [1.29, 1.82) is 0 Å². The molecule has 0 aromatic carbocycles. The summed E-state index contributed by atoms with van der Waals surface area (Å²) in [7, 11) is 4.03. The molecule has 0 amide bonds.